The third-order valence-electron chi connectivity index (χ3n) is 2.55. The van der Waals surface area contributed by atoms with E-state index in [1.54, 1.807) is 0 Å². The van der Waals surface area contributed by atoms with Crippen molar-refractivity contribution in [2.75, 3.05) is 13.2 Å². The first-order valence-electron chi connectivity index (χ1n) is 6.81. The summed E-state index contributed by atoms with van der Waals surface area (Å²) in [4.78, 5) is 11.5. The number of hydrogen-bond donors (Lipinski definition) is 0. The zero-order chi connectivity index (χ0) is 14.1. The van der Waals surface area contributed by atoms with Gasteiger partial charge in [-0.25, -0.2) is 0 Å². The minimum absolute atomic E-state index is 0.128. The maximum Gasteiger partial charge on any atom is 0.306 e. The molecule has 0 aliphatic carbocycles. The molecular formula is C16H24O3. The molecule has 0 spiro atoms. The number of carbonyl (C=O) groups excluding carboxylic acids is 1. The lowest BCUT2D eigenvalue weighted by molar-refractivity contribution is -0.144. The van der Waals surface area contributed by atoms with Crippen LogP contribution in [0.2, 0.25) is 0 Å². The maximum atomic E-state index is 11.5. The van der Waals surface area contributed by atoms with Crippen LogP contribution in [0.3, 0.4) is 0 Å². The van der Waals surface area contributed by atoms with Gasteiger partial charge in [0.25, 0.3) is 0 Å². The largest absolute Gasteiger partial charge is 0.466 e. The third kappa shape index (κ3) is 8.38. The molecule has 0 aliphatic heterocycles. The lowest BCUT2D eigenvalue weighted by atomic mass is 10.1. The first-order chi connectivity index (χ1) is 8.97. The third-order valence-corrected chi connectivity index (χ3v) is 2.55. The van der Waals surface area contributed by atoms with E-state index in [0.29, 0.717) is 19.6 Å². The highest BCUT2D eigenvalue weighted by atomic mass is 16.5. The van der Waals surface area contributed by atoms with Crippen molar-refractivity contribution in [2.24, 2.45) is 0 Å². The lowest BCUT2D eigenvalue weighted by Gasteiger charge is -2.19. The van der Waals surface area contributed by atoms with E-state index in [1.807, 2.05) is 51.1 Å². The predicted octanol–water partition coefficient (Wildman–Crippen LogP) is 3.37. The first-order valence-corrected chi connectivity index (χ1v) is 6.81. The van der Waals surface area contributed by atoms with Crippen LogP contribution in [0.1, 0.15) is 39.2 Å². The van der Waals surface area contributed by atoms with Gasteiger partial charge in [0, 0.05) is 12.8 Å². The van der Waals surface area contributed by atoms with Gasteiger partial charge in [-0.3, -0.25) is 4.79 Å². The number of ether oxygens (including phenoxy) is 2. The Kier molecular flexibility index (Phi) is 6.57. The summed E-state index contributed by atoms with van der Waals surface area (Å²) in [7, 11) is 0. The Morgan fingerprint density at radius 1 is 1.11 bits per heavy atom. The molecule has 19 heavy (non-hydrogen) atoms. The van der Waals surface area contributed by atoms with Crippen LogP contribution in [-0.4, -0.2) is 24.8 Å². The van der Waals surface area contributed by atoms with Gasteiger partial charge in [0.15, 0.2) is 0 Å². The van der Waals surface area contributed by atoms with E-state index in [9.17, 15) is 4.79 Å². The van der Waals surface area contributed by atoms with Crippen LogP contribution in [0, 0.1) is 0 Å². The summed E-state index contributed by atoms with van der Waals surface area (Å²) in [5.74, 6) is -0.139. The Balaban J connectivity index is 2.06. The van der Waals surface area contributed by atoms with Crippen molar-refractivity contribution >= 4 is 5.97 Å². The van der Waals surface area contributed by atoms with E-state index in [2.05, 4.69) is 0 Å². The van der Waals surface area contributed by atoms with Crippen molar-refractivity contribution in [2.45, 2.75) is 45.6 Å². The Morgan fingerprint density at radius 2 is 1.79 bits per heavy atom. The monoisotopic (exact) mass is 264 g/mol. The van der Waals surface area contributed by atoms with E-state index in [4.69, 9.17) is 9.47 Å². The molecule has 0 aromatic heterocycles. The Morgan fingerprint density at radius 3 is 2.42 bits per heavy atom. The summed E-state index contributed by atoms with van der Waals surface area (Å²) < 4.78 is 10.7. The highest BCUT2D eigenvalue weighted by Crippen LogP contribution is 2.07. The molecule has 0 bridgehead atoms. The van der Waals surface area contributed by atoms with Gasteiger partial charge in [-0.1, -0.05) is 30.3 Å². The van der Waals surface area contributed by atoms with Crippen molar-refractivity contribution in [3.05, 3.63) is 35.9 Å². The van der Waals surface area contributed by atoms with Gasteiger partial charge in [0.1, 0.15) is 0 Å². The molecule has 0 unspecified atom stereocenters. The molecule has 0 N–H and O–H groups in total. The molecule has 0 fully saturated rings. The molecule has 3 nitrogen and oxygen atoms in total. The number of carbonyl (C=O) groups is 1. The van der Waals surface area contributed by atoms with Crippen LogP contribution in [0.25, 0.3) is 0 Å². The summed E-state index contributed by atoms with van der Waals surface area (Å²) in [6.45, 7) is 7.09. The standard InChI is InChI=1S/C16H24O3/c1-16(2,3)19-13-7-12-18-15(17)11-10-14-8-5-4-6-9-14/h4-6,8-9H,7,10-13H2,1-3H3. The highest BCUT2D eigenvalue weighted by molar-refractivity contribution is 5.69. The van der Waals surface area contributed by atoms with Crippen LogP contribution >= 0.6 is 0 Å². The minimum atomic E-state index is -0.139. The fourth-order valence-electron chi connectivity index (χ4n) is 1.59. The Labute approximate surface area is 115 Å². The van der Waals surface area contributed by atoms with Crippen LogP contribution in [0.5, 0.6) is 0 Å². The number of benzene rings is 1. The fourth-order valence-corrected chi connectivity index (χ4v) is 1.59. The second-order valence-electron chi connectivity index (χ2n) is 5.52. The van der Waals surface area contributed by atoms with Crippen LogP contribution in [0.15, 0.2) is 30.3 Å². The SMILES string of the molecule is CC(C)(C)OCCCOC(=O)CCc1ccccc1. The average molecular weight is 264 g/mol. The van der Waals surface area contributed by atoms with Gasteiger partial charge >= 0.3 is 5.97 Å². The second kappa shape index (κ2) is 7.95. The Bertz CT molecular complexity index is 365. The van der Waals surface area contributed by atoms with Gasteiger partial charge in [-0.15, -0.1) is 0 Å². The molecule has 0 saturated heterocycles. The summed E-state index contributed by atoms with van der Waals surface area (Å²) in [5.41, 5.74) is 1.03. The van der Waals surface area contributed by atoms with Gasteiger partial charge in [-0.05, 0) is 32.8 Å². The highest BCUT2D eigenvalue weighted by Gasteiger charge is 2.09. The van der Waals surface area contributed by atoms with E-state index >= 15 is 0 Å². The van der Waals surface area contributed by atoms with Crippen LogP contribution in [-0.2, 0) is 20.7 Å². The van der Waals surface area contributed by atoms with Crippen LogP contribution < -0.4 is 0 Å². The number of hydrogen-bond acceptors (Lipinski definition) is 3. The number of aryl methyl sites for hydroxylation is 1. The molecule has 0 heterocycles. The number of rotatable bonds is 7. The molecule has 1 aromatic rings. The molecular weight excluding hydrogens is 240 g/mol. The minimum Gasteiger partial charge on any atom is -0.466 e. The molecule has 106 valence electrons. The van der Waals surface area contributed by atoms with E-state index < -0.39 is 0 Å². The average Bonchev–Trinajstić information content (AvgIpc) is 2.36. The lowest BCUT2D eigenvalue weighted by Crippen LogP contribution is -2.20. The smallest absolute Gasteiger partial charge is 0.306 e. The quantitative estimate of drug-likeness (QED) is 0.559. The summed E-state index contributed by atoms with van der Waals surface area (Å²) >= 11 is 0. The van der Waals surface area contributed by atoms with Crippen LogP contribution in [0.4, 0.5) is 0 Å². The summed E-state index contributed by atoms with van der Waals surface area (Å²) in [5, 5.41) is 0. The van der Waals surface area contributed by atoms with E-state index in [0.717, 1.165) is 18.4 Å². The number of esters is 1. The Hall–Kier alpha value is -1.35. The van der Waals surface area contributed by atoms with Gasteiger partial charge in [-0.2, -0.15) is 0 Å². The molecule has 0 saturated carbocycles. The zero-order valence-corrected chi connectivity index (χ0v) is 12.1. The van der Waals surface area contributed by atoms with Crippen molar-refractivity contribution in [3.63, 3.8) is 0 Å². The molecule has 0 atom stereocenters. The van der Waals surface area contributed by atoms with Gasteiger partial charge in [0.05, 0.1) is 18.8 Å². The summed E-state index contributed by atoms with van der Waals surface area (Å²) in [6, 6.07) is 9.96. The molecule has 0 radical (unpaired) electrons. The van der Waals surface area contributed by atoms with E-state index in [1.165, 1.54) is 0 Å². The van der Waals surface area contributed by atoms with Gasteiger partial charge in [0.2, 0.25) is 0 Å². The molecule has 1 rings (SSSR count). The summed E-state index contributed by atoms with van der Waals surface area (Å²) in [6.07, 6.45) is 1.91. The molecule has 0 amide bonds. The van der Waals surface area contributed by atoms with Crippen molar-refractivity contribution in [1.82, 2.24) is 0 Å². The van der Waals surface area contributed by atoms with Crippen molar-refractivity contribution in [1.29, 1.82) is 0 Å². The fraction of sp³-hybridized carbons (Fsp3) is 0.562. The maximum absolute atomic E-state index is 11.5. The van der Waals surface area contributed by atoms with Crippen molar-refractivity contribution < 1.29 is 14.3 Å². The van der Waals surface area contributed by atoms with Crippen molar-refractivity contribution in [3.8, 4) is 0 Å². The first kappa shape index (κ1) is 15.7. The van der Waals surface area contributed by atoms with Gasteiger partial charge < -0.3 is 9.47 Å². The molecule has 0 aliphatic rings. The topological polar surface area (TPSA) is 35.5 Å². The van der Waals surface area contributed by atoms with E-state index in [-0.39, 0.29) is 11.6 Å². The second-order valence-corrected chi connectivity index (χ2v) is 5.52. The predicted molar refractivity (Wildman–Crippen MR) is 76.0 cm³/mol. The zero-order valence-electron chi connectivity index (χ0n) is 12.1. The molecule has 3 heteroatoms. The molecule has 1 aromatic carbocycles. The normalized spacial score (nSPS) is 11.3.